The second kappa shape index (κ2) is 6.11. The zero-order valence-corrected chi connectivity index (χ0v) is 14.6. The first-order valence-electron chi connectivity index (χ1n) is 8.65. The first-order chi connectivity index (χ1) is 11.2. The molecule has 0 spiro atoms. The topological polar surface area (TPSA) is 72.6 Å². The number of piperidine rings is 1. The van der Waals surface area contributed by atoms with Gasteiger partial charge in [-0.25, -0.2) is 4.79 Å². The van der Waals surface area contributed by atoms with Crippen LogP contribution in [-0.4, -0.2) is 34.6 Å². The van der Waals surface area contributed by atoms with Gasteiger partial charge in [-0.3, -0.25) is 4.79 Å². The molecule has 2 N–H and O–H groups in total. The number of fused-ring (bicyclic) bond motifs is 2. The van der Waals surface area contributed by atoms with Gasteiger partial charge in [0.05, 0.1) is 0 Å². The average Bonchev–Trinajstić information content (AvgIpc) is 2.76. The summed E-state index contributed by atoms with van der Waals surface area (Å²) in [5.74, 6) is -0.0356. The Balaban J connectivity index is 1.74. The minimum Gasteiger partial charge on any atom is -0.444 e. The summed E-state index contributed by atoms with van der Waals surface area (Å²) in [7, 11) is 0. The first kappa shape index (κ1) is 16.8. The summed E-state index contributed by atoms with van der Waals surface area (Å²) in [4.78, 5) is 25.9. The van der Waals surface area contributed by atoms with E-state index in [9.17, 15) is 9.59 Å². The monoisotopic (exact) mass is 330 g/mol. The molecule has 24 heavy (non-hydrogen) atoms. The van der Waals surface area contributed by atoms with Gasteiger partial charge in [-0.2, -0.15) is 0 Å². The van der Waals surface area contributed by atoms with E-state index in [-0.39, 0.29) is 18.2 Å². The summed E-state index contributed by atoms with van der Waals surface area (Å²) < 4.78 is 5.58. The van der Waals surface area contributed by atoms with Gasteiger partial charge in [-0.15, -0.1) is 0 Å². The minimum atomic E-state index is -0.469. The van der Waals surface area contributed by atoms with Crippen LogP contribution in [0.2, 0.25) is 0 Å². The SMILES string of the molecule is CC(C)(C)OC(=O)N1[C@@H]2CC[C@H]1CC(c1cccc(C(N)=O)c1)C2. The van der Waals surface area contributed by atoms with Crippen molar-refractivity contribution in [1.29, 1.82) is 0 Å². The predicted octanol–water partition coefficient (Wildman–Crippen LogP) is 3.43. The second-order valence-electron chi connectivity index (χ2n) is 7.93. The molecule has 2 bridgehead atoms. The van der Waals surface area contributed by atoms with E-state index in [0.29, 0.717) is 11.5 Å². The Labute approximate surface area is 143 Å². The maximum absolute atomic E-state index is 12.5. The molecule has 0 radical (unpaired) electrons. The highest BCUT2D eigenvalue weighted by Gasteiger charge is 2.45. The summed E-state index contributed by atoms with van der Waals surface area (Å²) in [5, 5.41) is 0. The highest BCUT2D eigenvalue weighted by atomic mass is 16.6. The largest absolute Gasteiger partial charge is 0.444 e. The molecule has 1 unspecified atom stereocenters. The molecule has 3 atom stereocenters. The van der Waals surface area contributed by atoms with E-state index in [1.165, 1.54) is 0 Å². The number of nitrogens with two attached hydrogens (primary N) is 1. The van der Waals surface area contributed by atoms with Crippen molar-refractivity contribution < 1.29 is 14.3 Å². The molecule has 3 rings (SSSR count). The van der Waals surface area contributed by atoms with E-state index >= 15 is 0 Å². The molecular formula is C19H26N2O3. The van der Waals surface area contributed by atoms with E-state index in [1.807, 2.05) is 37.8 Å². The fraction of sp³-hybridized carbons (Fsp3) is 0.579. The van der Waals surface area contributed by atoms with Crippen LogP contribution in [0.1, 0.15) is 68.3 Å². The van der Waals surface area contributed by atoms with Gasteiger partial charge < -0.3 is 15.4 Å². The van der Waals surface area contributed by atoms with E-state index in [4.69, 9.17) is 10.5 Å². The molecule has 0 aromatic heterocycles. The lowest BCUT2D eigenvalue weighted by Gasteiger charge is -2.39. The third-order valence-corrected chi connectivity index (χ3v) is 4.98. The third-order valence-electron chi connectivity index (χ3n) is 4.98. The Bertz CT molecular complexity index is 636. The van der Waals surface area contributed by atoms with Crippen molar-refractivity contribution in [3.8, 4) is 0 Å². The molecule has 5 nitrogen and oxygen atoms in total. The van der Waals surface area contributed by atoms with Crippen LogP contribution in [0.25, 0.3) is 0 Å². The Morgan fingerprint density at radius 2 is 1.79 bits per heavy atom. The number of hydrogen-bond acceptors (Lipinski definition) is 3. The van der Waals surface area contributed by atoms with Crippen molar-refractivity contribution in [3.63, 3.8) is 0 Å². The van der Waals surface area contributed by atoms with Crippen LogP contribution < -0.4 is 5.73 Å². The summed E-state index contributed by atoms with van der Waals surface area (Å²) in [6.45, 7) is 5.69. The van der Waals surface area contributed by atoms with Gasteiger partial charge in [0.2, 0.25) is 5.91 Å². The molecule has 2 saturated heterocycles. The number of nitrogens with zero attached hydrogens (tertiary/aromatic N) is 1. The number of hydrogen-bond donors (Lipinski definition) is 1. The molecule has 2 aliphatic rings. The molecule has 0 saturated carbocycles. The molecule has 1 aromatic rings. The number of rotatable bonds is 2. The van der Waals surface area contributed by atoms with Crippen LogP contribution in [0.3, 0.4) is 0 Å². The highest BCUT2D eigenvalue weighted by Crippen LogP contribution is 2.43. The molecule has 2 fully saturated rings. The first-order valence-corrected chi connectivity index (χ1v) is 8.65. The third kappa shape index (κ3) is 3.40. The number of carbonyl (C=O) groups is 2. The van der Waals surface area contributed by atoms with Crippen LogP contribution in [0.5, 0.6) is 0 Å². The second-order valence-corrected chi connectivity index (χ2v) is 7.93. The number of ether oxygens (including phenoxy) is 1. The number of amides is 2. The fourth-order valence-corrected chi connectivity index (χ4v) is 4.01. The van der Waals surface area contributed by atoms with E-state index in [2.05, 4.69) is 6.07 Å². The lowest BCUT2D eigenvalue weighted by molar-refractivity contribution is 0.00584. The molecule has 0 aliphatic carbocycles. The lowest BCUT2D eigenvalue weighted by atomic mass is 9.84. The smallest absolute Gasteiger partial charge is 0.410 e. The van der Waals surface area contributed by atoms with Gasteiger partial charge in [0.1, 0.15) is 5.60 Å². The zero-order valence-electron chi connectivity index (χ0n) is 14.6. The lowest BCUT2D eigenvalue weighted by Crippen LogP contribution is -2.48. The fourth-order valence-electron chi connectivity index (χ4n) is 4.01. The van der Waals surface area contributed by atoms with Crippen molar-refractivity contribution in [2.75, 3.05) is 0 Å². The van der Waals surface area contributed by atoms with E-state index in [1.54, 1.807) is 6.07 Å². The maximum atomic E-state index is 12.5. The Kier molecular flexibility index (Phi) is 4.28. The summed E-state index contributed by atoms with van der Waals surface area (Å²) in [5.41, 5.74) is 6.62. The van der Waals surface area contributed by atoms with Crippen LogP contribution in [0.15, 0.2) is 24.3 Å². The van der Waals surface area contributed by atoms with Gasteiger partial charge >= 0.3 is 6.09 Å². The van der Waals surface area contributed by atoms with Gasteiger partial charge in [-0.05, 0) is 70.1 Å². The normalized spacial score (nSPS) is 26.3. The standard InChI is InChI=1S/C19H26N2O3/c1-19(2,3)24-18(23)21-15-7-8-16(21)11-14(10-15)12-5-4-6-13(9-12)17(20)22/h4-6,9,14-16H,7-8,10-11H2,1-3H3,(H2,20,22)/t14?,15-,16+. The minimum absolute atomic E-state index is 0.195. The average molecular weight is 330 g/mol. The van der Waals surface area contributed by atoms with E-state index in [0.717, 1.165) is 31.2 Å². The Hall–Kier alpha value is -2.04. The molecule has 5 heteroatoms. The van der Waals surface area contributed by atoms with Gasteiger partial charge in [0, 0.05) is 17.6 Å². The summed E-state index contributed by atoms with van der Waals surface area (Å²) >= 11 is 0. The van der Waals surface area contributed by atoms with Crippen LogP contribution in [0.4, 0.5) is 4.79 Å². The summed E-state index contributed by atoms with van der Waals surface area (Å²) in [6, 6.07) is 8.03. The molecule has 2 amide bonds. The maximum Gasteiger partial charge on any atom is 0.410 e. The Morgan fingerprint density at radius 3 is 2.33 bits per heavy atom. The summed E-state index contributed by atoms with van der Waals surface area (Å²) in [6.07, 6.45) is 3.68. The Morgan fingerprint density at radius 1 is 1.17 bits per heavy atom. The quantitative estimate of drug-likeness (QED) is 0.903. The van der Waals surface area contributed by atoms with Crippen molar-refractivity contribution in [2.24, 2.45) is 5.73 Å². The van der Waals surface area contributed by atoms with Crippen LogP contribution in [-0.2, 0) is 4.74 Å². The van der Waals surface area contributed by atoms with Crippen molar-refractivity contribution in [2.45, 2.75) is 70.1 Å². The highest BCUT2D eigenvalue weighted by molar-refractivity contribution is 5.92. The zero-order chi connectivity index (χ0) is 17.5. The van der Waals surface area contributed by atoms with Gasteiger partial charge in [0.15, 0.2) is 0 Å². The molecule has 2 heterocycles. The van der Waals surface area contributed by atoms with Crippen molar-refractivity contribution >= 4 is 12.0 Å². The van der Waals surface area contributed by atoms with Crippen molar-refractivity contribution in [1.82, 2.24) is 4.90 Å². The van der Waals surface area contributed by atoms with Crippen molar-refractivity contribution in [3.05, 3.63) is 35.4 Å². The van der Waals surface area contributed by atoms with Crippen LogP contribution in [0, 0.1) is 0 Å². The molecule has 2 aliphatic heterocycles. The molecule has 1 aromatic carbocycles. The van der Waals surface area contributed by atoms with Crippen LogP contribution >= 0.6 is 0 Å². The van der Waals surface area contributed by atoms with E-state index < -0.39 is 11.5 Å². The number of carbonyl (C=O) groups excluding carboxylic acids is 2. The predicted molar refractivity (Wildman–Crippen MR) is 91.8 cm³/mol. The molecule has 130 valence electrons. The van der Waals surface area contributed by atoms with Gasteiger partial charge in [-0.1, -0.05) is 12.1 Å². The molecular weight excluding hydrogens is 304 g/mol. The number of benzene rings is 1. The van der Waals surface area contributed by atoms with Gasteiger partial charge in [0.25, 0.3) is 0 Å². The number of primary amides is 1.